The third-order valence-corrected chi connectivity index (χ3v) is 4.69. The number of carbonyl (C=O) groups is 1. The molecule has 0 unspecified atom stereocenters. The molecule has 2 atom stereocenters. The first-order valence-electron chi connectivity index (χ1n) is 7.14. The van der Waals surface area contributed by atoms with Crippen molar-refractivity contribution in [2.75, 3.05) is 7.11 Å². The van der Waals surface area contributed by atoms with Crippen LogP contribution < -0.4 is 0 Å². The zero-order valence-electron chi connectivity index (χ0n) is 12.4. The minimum Gasteiger partial charge on any atom is -0.467 e. The number of hydrogen-bond donors (Lipinski definition) is 0. The van der Waals surface area contributed by atoms with Gasteiger partial charge in [-0.25, -0.2) is 4.79 Å². The van der Waals surface area contributed by atoms with Crippen molar-refractivity contribution >= 4 is 29.2 Å². The number of carbonyl (C=O) groups excluding carboxylic acids is 1. The maximum atomic E-state index is 12.0. The summed E-state index contributed by atoms with van der Waals surface area (Å²) in [7, 11) is 1.34. The quantitative estimate of drug-likeness (QED) is 0.732. The highest BCUT2D eigenvalue weighted by Gasteiger charge is 2.51. The Bertz CT molecular complexity index is 480. The summed E-state index contributed by atoms with van der Waals surface area (Å²) in [5.74, 6) is -1.21. The van der Waals surface area contributed by atoms with Crippen LogP contribution in [0.3, 0.4) is 0 Å². The van der Waals surface area contributed by atoms with Gasteiger partial charge in [-0.1, -0.05) is 37.0 Å². The predicted molar refractivity (Wildman–Crippen MR) is 81.1 cm³/mol. The highest BCUT2D eigenvalue weighted by atomic mass is 35.5. The van der Waals surface area contributed by atoms with Gasteiger partial charge < -0.3 is 14.2 Å². The number of esters is 1. The summed E-state index contributed by atoms with van der Waals surface area (Å²) in [6, 6.07) is 0. The van der Waals surface area contributed by atoms with Crippen LogP contribution in [0.4, 0.5) is 0 Å². The van der Waals surface area contributed by atoms with E-state index in [0.29, 0.717) is 35.7 Å². The van der Waals surface area contributed by atoms with Crippen molar-refractivity contribution in [1.29, 1.82) is 0 Å². The largest absolute Gasteiger partial charge is 0.467 e. The summed E-state index contributed by atoms with van der Waals surface area (Å²) in [4.78, 5) is 12.0. The number of rotatable bonds is 4. The van der Waals surface area contributed by atoms with Crippen molar-refractivity contribution in [2.24, 2.45) is 0 Å². The number of hydrogen-bond acceptors (Lipinski definition) is 4. The lowest BCUT2D eigenvalue weighted by atomic mass is 9.96. The number of methoxy groups -OCH3 is 1. The molecule has 0 saturated carbocycles. The second-order valence-electron chi connectivity index (χ2n) is 5.18. The van der Waals surface area contributed by atoms with E-state index in [0.717, 1.165) is 5.57 Å². The summed E-state index contributed by atoms with van der Waals surface area (Å²) < 4.78 is 16.8. The zero-order chi connectivity index (χ0) is 15.6. The van der Waals surface area contributed by atoms with Gasteiger partial charge in [0.1, 0.15) is 6.10 Å². The number of ether oxygens (including phenoxy) is 3. The van der Waals surface area contributed by atoms with Crippen molar-refractivity contribution in [2.45, 2.75) is 57.5 Å². The summed E-state index contributed by atoms with van der Waals surface area (Å²) in [5.41, 5.74) is 0.847. The summed E-state index contributed by atoms with van der Waals surface area (Å²) >= 11 is 12.3. The van der Waals surface area contributed by atoms with E-state index in [1.807, 2.05) is 13.8 Å². The lowest BCUT2D eigenvalue weighted by Gasteiger charge is -2.26. The predicted octanol–water partition coefficient (Wildman–Crippen LogP) is 3.87. The Kier molecular flexibility index (Phi) is 5.36. The normalized spacial score (nSPS) is 28.5. The molecule has 6 heteroatoms. The molecule has 21 heavy (non-hydrogen) atoms. The number of allylic oxidation sites excluding steroid dienone is 3. The van der Waals surface area contributed by atoms with Crippen molar-refractivity contribution in [3.63, 3.8) is 0 Å². The van der Waals surface area contributed by atoms with Gasteiger partial charge in [-0.3, -0.25) is 0 Å². The van der Waals surface area contributed by atoms with E-state index in [1.54, 1.807) is 6.08 Å². The first-order valence-corrected chi connectivity index (χ1v) is 7.90. The summed E-state index contributed by atoms with van der Waals surface area (Å²) in [6.45, 7) is 3.93. The fourth-order valence-electron chi connectivity index (χ4n) is 2.69. The van der Waals surface area contributed by atoms with E-state index in [1.165, 1.54) is 7.11 Å². The van der Waals surface area contributed by atoms with E-state index >= 15 is 0 Å². The highest BCUT2D eigenvalue weighted by Crippen LogP contribution is 2.42. The molecule has 0 N–H and O–H groups in total. The third-order valence-electron chi connectivity index (χ3n) is 4.04. The molecule has 0 radical (unpaired) electrons. The molecule has 0 aromatic heterocycles. The number of halogens is 2. The molecule has 0 aromatic carbocycles. The molecule has 1 aliphatic carbocycles. The molecule has 0 bridgehead atoms. The third kappa shape index (κ3) is 3.29. The first-order chi connectivity index (χ1) is 9.96. The van der Waals surface area contributed by atoms with Crippen molar-refractivity contribution in [1.82, 2.24) is 0 Å². The SMILES string of the molecule is CCC1(CC)O[C@H](C(=O)OC)[C@@H](C2=C(Cl)C=C(Cl)CC2)O1. The average Bonchev–Trinajstić information content (AvgIpc) is 2.87. The Morgan fingerprint density at radius 3 is 2.52 bits per heavy atom. The summed E-state index contributed by atoms with van der Waals surface area (Å²) in [5, 5.41) is 1.23. The van der Waals surface area contributed by atoms with Gasteiger partial charge in [-0.2, -0.15) is 0 Å². The van der Waals surface area contributed by atoms with Gasteiger partial charge in [0.2, 0.25) is 0 Å². The van der Waals surface area contributed by atoms with Crippen molar-refractivity contribution < 1.29 is 19.0 Å². The van der Waals surface area contributed by atoms with Crippen LogP contribution >= 0.6 is 23.2 Å². The van der Waals surface area contributed by atoms with Crippen LogP contribution in [-0.4, -0.2) is 31.1 Å². The monoisotopic (exact) mass is 334 g/mol. The molecule has 1 fully saturated rings. The molecule has 118 valence electrons. The van der Waals surface area contributed by atoms with Gasteiger partial charge in [-0.05, 0) is 37.3 Å². The van der Waals surface area contributed by atoms with E-state index in [4.69, 9.17) is 37.4 Å². The Hall–Kier alpha value is -0.550. The standard InChI is InChI=1S/C15H20Cl2O4/c1-4-15(5-2)20-12(13(21-15)14(18)19-3)10-7-6-9(16)8-11(10)17/h8,12-13H,4-7H2,1-3H3/t12-,13+/m1/s1. The minimum atomic E-state index is -0.788. The first kappa shape index (κ1) is 16.8. The van der Waals surface area contributed by atoms with E-state index < -0.39 is 24.0 Å². The van der Waals surface area contributed by atoms with Crippen LogP contribution in [0, 0.1) is 0 Å². The molecule has 0 amide bonds. The van der Waals surface area contributed by atoms with E-state index in [2.05, 4.69) is 0 Å². The maximum Gasteiger partial charge on any atom is 0.338 e. The van der Waals surface area contributed by atoms with Gasteiger partial charge in [-0.15, -0.1) is 0 Å². The van der Waals surface area contributed by atoms with Crippen LogP contribution in [0.1, 0.15) is 39.5 Å². The van der Waals surface area contributed by atoms with Gasteiger partial charge in [0, 0.05) is 10.1 Å². The van der Waals surface area contributed by atoms with Crippen LogP contribution in [0.25, 0.3) is 0 Å². The molecule has 2 aliphatic rings. The zero-order valence-corrected chi connectivity index (χ0v) is 14.0. The smallest absolute Gasteiger partial charge is 0.338 e. The topological polar surface area (TPSA) is 44.8 Å². The Morgan fingerprint density at radius 2 is 2.00 bits per heavy atom. The molecular formula is C15H20Cl2O4. The van der Waals surface area contributed by atoms with E-state index in [-0.39, 0.29) is 0 Å². The maximum absolute atomic E-state index is 12.0. The van der Waals surface area contributed by atoms with Gasteiger partial charge >= 0.3 is 5.97 Å². The second kappa shape index (κ2) is 6.69. The summed E-state index contributed by atoms with van der Waals surface area (Å²) in [6.07, 6.45) is 3.03. The molecule has 1 aliphatic heterocycles. The van der Waals surface area contributed by atoms with Crippen molar-refractivity contribution in [3.05, 3.63) is 21.7 Å². The molecular weight excluding hydrogens is 315 g/mol. The molecule has 0 aromatic rings. The van der Waals surface area contributed by atoms with Gasteiger partial charge in [0.25, 0.3) is 0 Å². The van der Waals surface area contributed by atoms with Crippen molar-refractivity contribution in [3.8, 4) is 0 Å². The van der Waals surface area contributed by atoms with Gasteiger partial charge in [0.05, 0.1) is 7.11 Å². The minimum absolute atomic E-state index is 0.443. The lowest BCUT2D eigenvalue weighted by molar-refractivity contribution is -0.186. The van der Waals surface area contributed by atoms with Crippen LogP contribution in [-0.2, 0) is 19.0 Å². The van der Waals surface area contributed by atoms with Crippen LogP contribution in [0.2, 0.25) is 0 Å². The Balaban J connectivity index is 2.35. The molecule has 4 nitrogen and oxygen atoms in total. The van der Waals surface area contributed by atoms with Gasteiger partial charge in [0.15, 0.2) is 11.9 Å². The van der Waals surface area contributed by atoms with Crippen LogP contribution in [0.15, 0.2) is 21.7 Å². The average molecular weight is 335 g/mol. The molecule has 2 rings (SSSR count). The van der Waals surface area contributed by atoms with E-state index in [9.17, 15) is 4.79 Å². The molecule has 0 spiro atoms. The molecule has 1 saturated heterocycles. The van der Waals surface area contributed by atoms with Crippen LogP contribution in [0.5, 0.6) is 0 Å². The molecule has 1 heterocycles. The fourth-order valence-corrected chi connectivity index (χ4v) is 3.29. The second-order valence-corrected chi connectivity index (χ2v) is 6.07. The Morgan fingerprint density at radius 1 is 1.33 bits per heavy atom. The highest BCUT2D eigenvalue weighted by molar-refractivity contribution is 6.35. The lowest BCUT2D eigenvalue weighted by Crippen LogP contribution is -2.34. The Labute approximate surface area is 135 Å². The fraction of sp³-hybridized carbons (Fsp3) is 0.667.